The Labute approximate surface area is 96.5 Å². The summed E-state index contributed by atoms with van der Waals surface area (Å²) in [6.45, 7) is 10.3. The maximum absolute atomic E-state index is 5.80. The van der Waals surface area contributed by atoms with E-state index in [-0.39, 0.29) is 0 Å². The van der Waals surface area contributed by atoms with Crippen LogP contribution in [0.4, 0.5) is 5.82 Å². The molecule has 0 radical (unpaired) electrons. The van der Waals surface area contributed by atoms with Gasteiger partial charge in [0.2, 0.25) is 0 Å². The number of nitrogens with zero attached hydrogens (tertiary/aromatic N) is 3. The van der Waals surface area contributed by atoms with Crippen LogP contribution in [-0.2, 0) is 0 Å². The molecule has 4 heteroatoms. The summed E-state index contributed by atoms with van der Waals surface area (Å²) in [5, 5.41) is 4.21. The Balaban J connectivity index is 0.000000606. The van der Waals surface area contributed by atoms with E-state index in [1.54, 1.807) is 0 Å². The van der Waals surface area contributed by atoms with Crippen molar-refractivity contribution in [2.45, 2.75) is 40.5 Å². The van der Waals surface area contributed by atoms with Crippen LogP contribution in [0.25, 0.3) is 5.52 Å². The van der Waals surface area contributed by atoms with Gasteiger partial charge in [0, 0.05) is 5.69 Å². The Morgan fingerprint density at radius 3 is 2.50 bits per heavy atom. The normalized spacial score (nSPS) is 10.4. The molecular weight excluding hydrogens is 200 g/mol. The van der Waals surface area contributed by atoms with E-state index in [2.05, 4.69) is 30.0 Å². The maximum Gasteiger partial charge on any atom is 0.151 e. The highest BCUT2D eigenvalue weighted by molar-refractivity contribution is 5.70. The third-order valence-electron chi connectivity index (χ3n) is 2.39. The molecule has 88 valence electrons. The van der Waals surface area contributed by atoms with E-state index >= 15 is 0 Å². The molecular formula is C12H20N4. The fourth-order valence-electron chi connectivity index (χ4n) is 1.69. The van der Waals surface area contributed by atoms with Crippen LogP contribution < -0.4 is 5.73 Å². The number of nitrogens with two attached hydrogens (primary N) is 1. The minimum Gasteiger partial charge on any atom is -0.382 e. The van der Waals surface area contributed by atoms with E-state index in [0.717, 1.165) is 11.1 Å². The van der Waals surface area contributed by atoms with E-state index in [4.69, 9.17) is 5.73 Å². The predicted molar refractivity (Wildman–Crippen MR) is 67.6 cm³/mol. The van der Waals surface area contributed by atoms with Gasteiger partial charge in [0.05, 0.1) is 0 Å². The topological polar surface area (TPSA) is 56.2 Å². The molecule has 4 nitrogen and oxygen atoms in total. The highest BCUT2D eigenvalue weighted by atomic mass is 15.3. The highest BCUT2D eigenvalue weighted by Gasteiger charge is 2.12. The van der Waals surface area contributed by atoms with Gasteiger partial charge < -0.3 is 5.73 Å². The third kappa shape index (κ3) is 2.01. The molecule has 2 heterocycles. The van der Waals surface area contributed by atoms with Crippen LogP contribution in [0.3, 0.4) is 0 Å². The van der Waals surface area contributed by atoms with E-state index in [1.165, 1.54) is 12.0 Å². The molecule has 2 aromatic rings. The molecule has 0 aliphatic carbocycles. The average Bonchev–Trinajstić information content (AvgIpc) is 2.61. The van der Waals surface area contributed by atoms with Crippen molar-refractivity contribution >= 4 is 11.3 Å². The van der Waals surface area contributed by atoms with Crippen molar-refractivity contribution in [3.8, 4) is 0 Å². The number of nitrogen functional groups attached to an aromatic ring is 1. The number of hydrogen-bond donors (Lipinski definition) is 1. The van der Waals surface area contributed by atoms with Gasteiger partial charge in [0.15, 0.2) is 5.82 Å². The van der Waals surface area contributed by atoms with Crippen molar-refractivity contribution in [3.05, 3.63) is 23.7 Å². The Morgan fingerprint density at radius 1 is 1.31 bits per heavy atom. The number of hydrogen-bond acceptors (Lipinski definition) is 3. The molecule has 0 saturated carbocycles. The minimum absolute atomic E-state index is 0.436. The van der Waals surface area contributed by atoms with E-state index in [0.29, 0.717) is 11.7 Å². The van der Waals surface area contributed by atoms with Gasteiger partial charge in [0.25, 0.3) is 0 Å². The van der Waals surface area contributed by atoms with E-state index in [9.17, 15) is 0 Å². The molecule has 0 spiro atoms. The van der Waals surface area contributed by atoms with Gasteiger partial charge in [-0.1, -0.05) is 27.7 Å². The van der Waals surface area contributed by atoms with Crippen LogP contribution in [0, 0.1) is 6.92 Å². The van der Waals surface area contributed by atoms with Crippen LogP contribution in [-0.4, -0.2) is 14.6 Å². The summed E-state index contributed by atoms with van der Waals surface area (Å²) in [5.74, 6) is 0.981. The number of anilines is 1. The summed E-state index contributed by atoms with van der Waals surface area (Å²) in [7, 11) is 0. The Hall–Kier alpha value is -1.58. The van der Waals surface area contributed by atoms with Crippen LogP contribution in [0.1, 0.15) is 44.9 Å². The molecule has 0 amide bonds. The fourth-order valence-corrected chi connectivity index (χ4v) is 1.69. The molecule has 0 fully saturated rings. The van der Waals surface area contributed by atoms with Crippen molar-refractivity contribution in [1.82, 2.24) is 14.6 Å². The summed E-state index contributed by atoms with van der Waals surface area (Å²) in [5.41, 5.74) is 9.03. The highest BCUT2D eigenvalue weighted by Crippen LogP contribution is 2.23. The van der Waals surface area contributed by atoms with Gasteiger partial charge in [-0.2, -0.15) is 5.10 Å². The molecule has 16 heavy (non-hydrogen) atoms. The lowest BCUT2D eigenvalue weighted by Gasteiger charge is -2.04. The second-order valence-corrected chi connectivity index (χ2v) is 3.81. The largest absolute Gasteiger partial charge is 0.382 e. The van der Waals surface area contributed by atoms with Crippen molar-refractivity contribution in [3.63, 3.8) is 0 Å². The molecule has 0 atom stereocenters. The summed E-state index contributed by atoms with van der Waals surface area (Å²) in [6, 6.07) is 2.12. The molecule has 0 aromatic carbocycles. The lowest BCUT2D eigenvalue weighted by atomic mass is 10.1. The molecule has 0 aliphatic heterocycles. The lowest BCUT2D eigenvalue weighted by molar-refractivity contribution is 0.752. The minimum atomic E-state index is 0.436. The number of rotatable bonds is 1. The first kappa shape index (κ1) is 12.5. The third-order valence-corrected chi connectivity index (χ3v) is 2.39. The summed E-state index contributed by atoms with van der Waals surface area (Å²) < 4.78 is 1.88. The first-order chi connectivity index (χ1) is 7.61. The smallest absolute Gasteiger partial charge is 0.151 e. The van der Waals surface area contributed by atoms with E-state index < -0.39 is 0 Å². The van der Waals surface area contributed by atoms with Crippen LogP contribution in [0.5, 0.6) is 0 Å². The first-order valence-electron chi connectivity index (χ1n) is 5.70. The molecule has 0 bridgehead atoms. The van der Waals surface area contributed by atoms with Crippen molar-refractivity contribution in [1.29, 1.82) is 0 Å². The van der Waals surface area contributed by atoms with Crippen molar-refractivity contribution in [2.24, 2.45) is 0 Å². The molecule has 2 N–H and O–H groups in total. The molecule has 2 rings (SSSR count). The second kappa shape index (κ2) is 4.96. The quantitative estimate of drug-likeness (QED) is 0.804. The first-order valence-corrected chi connectivity index (χ1v) is 5.70. The van der Waals surface area contributed by atoms with Gasteiger partial charge >= 0.3 is 0 Å². The fraction of sp³-hybridized carbons (Fsp3) is 0.500. The van der Waals surface area contributed by atoms with Crippen LogP contribution in [0.15, 0.2) is 12.4 Å². The second-order valence-electron chi connectivity index (χ2n) is 3.81. The number of fused-ring (bicyclic) bond motifs is 1. The van der Waals surface area contributed by atoms with Gasteiger partial charge in [-0.25, -0.2) is 9.50 Å². The van der Waals surface area contributed by atoms with Gasteiger partial charge in [0.1, 0.15) is 11.8 Å². The average molecular weight is 220 g/mol. The summed E-state index contributed by atoms with van der Waals surface area (Å²) in [6.07, 6.45) is 1.49. The molecule has 0 aliphatic rings. The SMILES string of the molecule is CC.Cc1cc(C(C)C)n2ncnc(N)c12. The van der Waals surface area contributed by atoms with Crippen molar-refractivity contribution < 1.29 is 0 Å². The van der Waals surface area contributed by atoms with Gasteiger partial charge in [-0.3, -0.25) is 0 Å². The van der Waals surface area contributed by atoms with Gasteiger partial charge in [-0.05, 0) is 24.5 Å². The zero-order valence-corrected chi connectivity index (χ0v) is 10.7. The number of aryl methyl sites for hydroxylation is 1. The van der Waals surface area contributed by atoms with Crippen molar-refractivity contribution in [2.75, 3.05) is 5.73 Å². The zero-order chi connectivity index (χ0) is 12.3. The molecule has 0 unspecified atom stereocenters. The van der Waals surface area contributed by atoms with Crippen LogP contribution >= 0.6 is 0 Å². The predicted octanol–water partition coefficient (Wildman–Crippen LogP) is 2.77. The van der Waals surface area contributed by atoms with Crippen LogP contribution in [0.2, 0.25) is 0 Å². The molecule has 0 saturated heterocycles. The Morgan fingerprint density at radius 2 is 1.94 bits per heavy atom. The number of aromatic nitrogens is 3. The standard InChI is InChI=1S/C10H14N4.C2H6/c1-6(2)8-4-7(3)9-10(11)12-5-13-14(8)9;1-2/h4-6H,1-3H3,(H2,11,12,13);1-2H3. The molecule has 2 aromatic heterocycles. The van der Waals surface area contributed by atoms with E-state index in [1.807, 2.05) is 25.3 Å². The maximum atomic E-state index is 5.80. The monoisotopic (exact) mass is 220 g/mol. The summed E-state index contributed by atoms with van der Waals surface area (Å²) in [4.78, 5) is 3.99. The summed E-state index contributed by atoms with van der Waals surface area (Å²) >= 11 is 0. The van der Waals surface area contributed by atoms with Gasteiger partial charge in [-0.15, -0.1) is 0 Å². The Bertz CT molecular complexity index is 471. The Kier molecular flexibility index (Phi) is 3.88. The zero-order valence-electron chi connectivity index (χ0n) is 10.7. The lowest BCUT2D eigenvalue weighted by Crippen LogP contribution is -2.03.